The molecule has 0 saturated heterocycles. The number of hydrogen-bond acceptors (Lipinski definition) is 2. The van der Waals surface area contributed by atoms with Crippen molar-refractivity contribution in [2.24, 2.45) is 0 Å². The first-order valence-electron chi connectivity index (χ1n) is 7.65. The summed E-state index contributed by atoms with van der Waals surface area (Å²) in [6, 6.07) is 4.74. The lowest BCUT2D eigenvalue weighted by Crippen LogP contribution is -2.25. The van der Waals surface area contributed by atoms with Crippen molar-refractivity contribution in [2.45, 2.75) is 6.42 Å². The molecule has 98 valence electrons. The molecule has 0 fully saturated rings. The van der Waals surface area contributed by atoms with Crippen molar-refractivity contribution in [3.05, 3.63) is 64.6 Å². The monoisotopic (exact) mass is 279 g/mol. The van der Waals surface area contributed by atoms with Gasteiger partial charge in [0.05, 0.1) is 5.48 Å². The van der Waals surface area contributed by atoms with Gasteiger partial charge >= 0.3 is 0 Å². The van der Waals surface area contributed by atoms with Crippen LogP contribution in [0.25, 0.3) is 0 Å². The highest BCUT2D eigenvalue weighted by Gasteiger charge is 2.04. The molecule has 0 spiro atoms. The van der Waals surface area contributed by atoms with E-state index in [1.807, 2.05) is 0 Å². The minimum atomic E-state index is -0.683. The van der Waals surface area contributed by atoms with E-state index in [1.165, 1.54) is 0 Å². The molecule has 0 aliphatic carbocycles. The van der Waals surface area contributed by atoms with Gasteiger partial charge in [0.25, 0.3) is 5.91 Å². The van der Waals surface area contributed by atoms with Gasteiger partial charge in [-0.3, -0.25) is 4.79 Å². The highest BCUT2D eigenvalue weighted by atomic mass is 35.5. The fraction of sp³-hybridized carbons (Fsp3) is 0.133. The minimum Gasteiger partial charge on any atom is -0.508 e. The van der Waals surface area contributed by atoms with Crippen LogP contribution in [0.1, 0.15) is 21.4 Å². The lowest BCUT2D eigenvalue weighted by Gasteiger charge is -2.05. The van der Waals surface area contributed by atoms with Crippen molar-refractivity contribution in [1.82, 2.24) is 5.32 Å². The van der Waals surface area contributed by atoms with Crippen LogP contribution in [0.3, 0.4) is 0 Å². The molecule has 0 aliphatic heterocycles. The second-order valence-corrected chi connectivity index (χ2v) is 4.24. The van der Waals surface area contributed by atoms with Crippen LogP contribution in [0, 0.1) is 0 Å². The quantitative estimate of drug-likeness (QED) is 0.904. The maximum Gasteiger partial charge on any atom is 0.251 e. The van der Waals surface area contributed by atoms with E-state index < -0.39 is 30.1 Å². The molecule has 2 N–H and O–H groups in total. The molecule has 0 saturated carbocycles. The SMILES string of the molecule is [2H]c1c([2H])c(C(=O)NCCc2ccc(O)cc2)c([2H])c([2H])c1Cl. The first kappa shape index (κ1) is 8.99. The van der Waals surface area contributed by atoms with Gasteiger partial charge < -0.3 is 10.4 Å². The second-order valence-electron chi connectivity index (χ2n) is 3.86. The highest BCUT2D eigenvalue weighted by molar-refractivity contribution is 6.30. The van der Waals surface area contributed by atoms with Crippen molar-refractivity contribution in [2.75, 3.05) is 6.54 Å². The summed E-state index contributed by atoms with van der Waals surface area (Å²) in [5.41, 5.74) is 0.578. The van der Waals surface area contributed by atoms with Crippen LogP contribution in [0.5, 0.6) is 5.75 Å². The van der Waals surface area contributed by atoms with Crippen LogP contribution in [-0.2, 0) is 6.42 Å². The van der Waals surface area contributed by atoms with E-state index in [4.69, 9.17) is 17.1 Å². The number of carbonyl (C=O) groups excluding carboxylic acids is 1. The number of benzene rings is 2. The fourth-order valence-electron chi connectivity index (χ4n) is 1.48. The summed E-state index contributed by atoms with van der Waals surface area (Å²) in [6.07, 6.45) is 0.502. The molecule has 0 heterocycles. The molecule has 4 heteroatoms. The number of nitrogens with one attached hydrogen (secondary N) is 1. The summed E-state index contributed by atoms with van der Waals surface area (Å²) in [5, 5.41) is 11.5. The Bertz CT molecular complexity index is 721. The maximum absolute atomic E-state index is 12.1. The Kier molecular flexibility index (Phi) is 2.96. The van der Waals surface area contributed by atoms with Crippen LogP contribution in [0.4, 0.5) is 0 Å². The van der Waals surface area contributed by atoms with Gasteiger partial charge in [-0.05, 0) is 48.3 Å². The van der Waals surface area contributed by atoms with E-state index in [1.54, 1.807) is 24.3 Å². The average molecular weight is 280 g/mol. The Morgan fingerprint density at radius 1 is 1.21 bits per heavy atom. The lowest BCUT2D eigenvalue weighted by atomic mass is 10.1. The van der Waals surface area contributed by atoms with Gasteiger partial charge in [0.1, 0.15) is 5.75 Å². The Morgan fingerprint density at radius 3 is 2.47 bits per heavy atom. The zero-order chi connectivity index (χ0) is 17.1. The third-order valence-corrected chi connectivity index (χ3v) is 2.65. The van der Waals surface area contributed by atoms with Crippen LogP contribution in [-0.4, -0.2) is 17.6 Å². The van der Waals surface area contributed by atoms with Crippen LogP contribution < -0.4 is 5.32 Å². The van der Waals surface area contributed by atoms with Crippen LogP contribution >= 0.6 is 11.6 Å². The molecule has 2 rings (SSSR count). The van der Waals surface area contributed by atoms with Crippen molar-refractivity contribution in [1.29, 1.82) is 0 Å². The van der Waals surface area contributed by atoms with Gasteiger partial charge in [0.2, 0.25) is 0 Å². The average Bonchev–Trinajstić information content (AvgIpc) is 2.53. The molecule has 0 atom stereocenters. The molecule has 2 aromatic rings. The summed E-state index contributed by atoms with van der Waals surface area (Å²) in [7, 11) is 0. The molecular weight excluding hydrogens is 262 g/mol. The first-order chi connectivity index (χ1) is 10.8. The predicted octanol–water partition coefficient (Wildman–Crippen LogP) is 3.02. The third kappa shape index (κ3) is 4.00. The van der Waals surface area contributed by atoms with E-state index in [0.29, 0.717) is 6.42 Å². The number of amides is 1. The summed E-state index contributed by atoms with van der Waals surface area (Å²) >= 11 is 5.69. The Balaban J connectivity index is 2.11. The van der Waals surface area contributed by atoms with E-state index in [2.05, 4.69) is 5.32 Å². The molecule has 0 aromatic heterocycles. The number of halogens is 1. The van der Waals surface area contributed by atoms with Gasteiger partial charge in [0.15, 0.2) is 0 Å². The molecule has 0 radical (unpaired) electrons. The molecule has 0 unspecified atom stereocenters. The number of phenols is 1. The first-order valence-corrected chi connectivity index (χ1v) is 6.02. The minimum absolute atomic E-state index is 0.155. The number of phenolic OH excluding ortho intramolecular Hbond substituents is 1. The van der Waals surface area contributed by atoms with E-state index in [-0.39, 0.29) is 22.9 Å². The standard InChI is InChI=1S/C15H14ClNO2/c16-13-5-3-12(4-6-13)15(19)17-10-9-11-1-7-14(18)8-2-11/h1-8,18H,9-10H2,(H,17,19)/i3D,4D,5D,6D. The number of rotatable bonds is 4. The number of hydrogen-bond donors (Lipinski definition) is 2. The molecule has 19 heavy (non-hydrogen) atoms. The van der Waals surface area contributed by atoms with Gasteiger partial charge in [-0.15, -0.1) is 0 Å². The number of carbonyl (C=O) groups is 1. The lowest BCUT2D eigenvalue weighted by molar-refractivity contribution is 0.0954. The van der Waals surface area contributed by atoms with Gasteiger partial charge in [-0.2, -0.15) is 0 Å². The zero-order valence-corrected chi connectivity index (χ0v) is 10.7. The van der Waals surface area contributed by atoms with E-state index in [9.17, 15) is 9.90 Å². The van der Waals surface area contributed by atoms with Crippen LogP contribution in [0.15, 0.2) is 48.4 Å². The zero-order valence-electron chi connectivity index (χ0n) is 14.0. The van der Waals surface area contributed by atoms with Gasteiger partial charge in [-0.1, -0.05) is 23.7 Å². The molecule has 1 amide bonds. The predicted molar refractivity (Wildman–Crippen MR) is 75.6 cm³/mol. The highest BCUT2D eigenvalue weighted by Crippen LogP contribution is 2.10. The Labute approximate surface area is 122 Å². The van der Waals surface area contributed by atoms with E-state index in [0.717, 1.165) is 5.56 Å². The summed E-state index contributed by atoms with van der Waals surface area (Å²) < 4.78 is 30.8. The van der Waals surface area contributed by atoms with Crippen molar-refractivity contribution in [3.8, 4) is 5.75 Å². The fourth-order valence-corrected chi connectivity index (χ4v) is 1.58. The molecule has 3 nitrogen and oxygen atoms in total. The maximum atomic E-state index is 12.1. The topological polar surface area (TPSA) is 49.3 Å². The summed E-state index contributed by atoms with van der Waals surface area (Å²) in [5.74, 6) is -0.528. The van der Waals surface area contributed by atoms with Crippen molar-refractivity contribution >= 4 is 17.5 Å². The van der Waals surface area contributed by atoms with Crippen molar-refractivity contribution < 1.29 is 15.4 Å². The number of aromatic hydroxyl groups is 1. The largest absolute Gasteiger partial charge is 0.508 e. The van der Waals surface area contributed by atoms with Crippen molar-refractivity contribution in [3.63, 3.8) is 0 Å². The second kappa shape index (κ2) is 6.25. The molecule has 0 aliphatic rings. The van der Waals surface area contributed by atoms with Gasteiger partial charge in [0, 0.05) is 17.1 Å². The third-order valence-electron chi connectivity index (χ3n) is 2.46. The molecule has 0 bridgehead atoms. The normalized spacial score (nSPS) is 13.1. The Morgan fingerprint density at radius 2 is 1.84 bits per heavy atom. The summed E-state index contributed by atoms with van der Waals surface area (Å²) in [4.78, 5) is 12.1. The van der Waals surface area contributed by atoms with Crippen LogP contribution in [0.2, 0.25) is 5.02 Å². The van der Waals surface area contributed by atoms with Gasteiger partial charge in [-0.25, -0.2) is 0 Å². The molecule has 2 aromatic carbocycles. The summed E-state index contributed by atoms with van der Waals surface area (Å²) in [6.45, 7) is 0.256. The molecular formula is C15H14ClNO2. The smallest absolute Gasteiger partial charge is 0.251 e. The Hall–Kier alpha value is -2.00. The van der Waals surface area contributed by atoms with E-state index >= 15 is 0 Å².